The van der Waals surface area contributed by atoms with E-state index in [1.165, 1.54) is 0 Å². The normalized spacial score (nSPS) is 12.0. The van der Waals surface area contributed by atoms with Gasteiger partial charge in [-0.3, -0.25) is 0 Å². The summed E-state index contributed by atoms with van der Waals surface area (Å²) in [4.78, 5) is 11.2. The molecule has 0 fully saturated rings. The van der Waals surface area contributed by atoms with E-state index in [4.69, 9.17) is 14.2 Å². The zero-order valence-electron chi connectivity index (χ0n) is 13.5. The lowest BCUT2D eigenvalue weighted by molar-refractivity contribution is -0.177. The molecule has 5 heteroatoms. The molecule has 0 aromatic rings. The van der Waals surface area contributed by atoms with Crippen LogP contribution in [0.5, 0.6) is 0 Å². The van der Waals surface area contributed by atoms with Gasteiger partial charge in [0.15, 0.2) is 0 Å². The van der Waals surface area contributed by atoms with Crippen LogP contribution in [-0.2, 0) is 19.0 Å². The van der Waals surface area contributed by atoms with Crippen LogP contribution in [0.1, 0.15) is 47.0 Å². The second-order valence-corrected chi connectivity index (χ2v) is 7.14. The van der Waals surface area contributed by atoms with Crippen molar-refractivity contribution in [3.05, 3.63) is 12.2 Å². The Hall–Kier alpha value is -0.653. The monoisotopic (exact) mass is 302 g/mol. The molecule has 4 nitrogen and oxygen atoms in total. The number of carbonyl (C=O) groups excluding carboxylic acids is 1. The van der Waals surface area contributed by atoms with Gasteiger partial charge in [0.25, 0.3) is 0 Å². The standard InChI is InChI=1S/C15H30O4Si/c1-6-15(18-7-2,19-8-3)20-12-10-9-11-17-14(16)13(4)5/h4,6-12,20H2,1-3,5H3. The SMILES string of the molecule is C=C(C)C(=O)OCCCC[SiH2]C(CC)(OCC)OCC. The Morgan fingerprint density at radius 3 is 2.20 bits per heavy atom. The van der Waals surface area contributed by atoms with E-state index in [9.17, 15) is 4.79 Å². The van der Waals surface area contributed by atoms with Gasteiger partial charge in [0.05, 0.1) is 16.1 Å². The Balaban J connectivity index is 3.89. The van der Waals surface area contributed by atoms with Crippen LogP contribution in [0.25, 0.3) is 0 Å². The summed E-state index contributed by atoms with van der Waals surface area (Å²) in [5.41, 5.74) is 0.148. The Labute approximate surface area is 125 Å². The van der Waals surface area contributed by atoms with Crippen LogP contribution < -0.4 is 0 Å². The smallest absolute Gasteiger partial charge is 0.333 e. The summed E-state index contributed by atoms with van der Waals surface area (Å²) in [5, 5.41) is 0. The summed E-state index contributed by atoms with van der Waals surface area (Å²) in [5.74, 6) is -0.297. The van der Waals surface area contributed by atoms with Gasteiger partial charge in [0.2, 0.25) is 0 Å². The third kappa shape index (κ3) is 7.82. The minimum Gasteiger partial charge on any atom is -0.462 e. The molecule has 0 heterocycles. The van der Waals surface area contributed by atoms with Crippen LogP contribution >= 0.6 is 0 Å². The molecular formula is C15H30O4Si. The van der Waals surface area contributed by atoms with Crippen LogP contribution in [0.15, 0.2) is 12.2 Å². The maximum absolute atomic E-state index is 11.2. The molecule has 0 bridgehead atoms. The van der Waals surface area contributed by atoms with Crippen molar-refractivity contribution < 1.29 is 19.0 Å². The van der Waals surface area contributed by atoms with Crippen molar-refractivity contribution in [1.29, 1.82) is 0 Å². The topological polar surface area (TPSA) is 44.8 Å². The van der Waals surface area contributed by atoms with Crippen molar-refractivity contribution in [3.8, 4) is 0 Å². The first kappa shape index (κ1) is 19.3. The average Bonchev–Trinajstić information content (AvgIpc) is 2.42. The molecule has 0 atom stereocenters. The van der Waals surface area contributed by atoms with Crippen molar-refractivity contribution in [3.63, 3.8) is 0 Å². The van der Waals surface area contributed by atoms with E-state index in [0.29, 0.717) is 25.4 Å². The fraction of sp³-hybridized carbons (Fsp3) is 0.800. The van der Waals surface area contributed by atoms with Crippen molar-refractivity contribution in [2.75, 3.05) is 19.8 Å². The lowest BCUT2D eigenvalue weighted by atomic mass is 10.3. The van der Waals surface area contributed by atoms with E-state index in [1.807, 2.05) is 13.8 Å². The first-order chi connectivity index (χ1) is 9.51. The molecule has 0 rings (SSSR count). The number of hydrogen-bond donors (Lipinski definition) is 0. The average molecular weight is 302 g/mol. The maximum atomic E-state index is 11.2. The molecule has 0 N–H and O–H groups in total. The van der Waals surface area contributed by atoms with Gasteiger partial charge in [0, 0.05) is 18.8 Å². The first-order valence-corrected chi connectivity index (χ1v) is 9.32. The molecule has 0 aliphatic carbocycles. The Bertz CT molecular complexity index is 286. The Kier molecular flexibility index (Phi) is 10.7. The minimum absolute atomic E-state index is 0.297. The van der Waals surface area contributed by atoms with Crippen LogP contribution in [0.2, 0.25) is 6.04 Å². The Morgan fingerprint density at radius 1 is 1.15 bits per heavy atom. The van der Waals surface area contributed by atoms with Crippen LogP contribution in [0.3, 0.4) is 0 Å². The van der Waals surface area contributed by atoms with Gasteiger partial charge in [-0.2, -0.15) is 0 Å². The lowest BCUT2D eigenvalue weighted by Crippen LogP contribution is -2.41. The lowest BCUT2D eigenvalue weighted by Gasteiger charge is -2.32. The highest BCUT2D eigenvalue weighted by molar-refractivity contribution is 6.38. The highest BCUT2D eigenvalue weighted by Gasteiger charge is 2.28. The van der Waals surface area contributed by atoms with E-state index >= 15 is 0 Å². The second kappa shape index (κ2) is 11.1. The molecule has 0 aliphatic rings. The molecule has 0 aromatic heterocycles. The molecule has 0 spiro atoms. The summed E-state index contributed by atoms with van der Waals surface area (Å²) in [6, 6.07) is 1.14. The van der Waals surface area contributed by atoms with Gasteiger partial charge in [-0.15, -0.1) is 0 Å². The van der Waals surface area contributed by atoms with Crippen molar-refractivity contribution in [2.45, 2.75) is 58.4 Å². The third-order valence-electron chi connectivity index (χ3n) is 3.14. The highest BCUT2D eigenvalue weighted by atomic mass is 28.2. The molecule has 0 unspecified atom stereocenters. The zero-order valence-corrected chi connectivity index (χ0v) is 14.9. The fourth-order valence-corrected chi connectivity index (χ4v) is 4.25. The van der Waals surface area contributed by atoms with Crippen molar-refractivity contribution in [2.24, 2.45) is 0 Å². The van der Waals surface area contributed by atoms with Gasteiger partial charge >= 0.3 is 5.97 Å². The zero-order chi connectivity index (χ0) is 15.4. The summed E-state index contributed by atoms with van der Waals surface area (Å²) in [6.45, 7) is 13.2. The van der Waals surface area contributed by atoms with Gasteiger partial charge in [0.1, 0.15) is 5.41 Å². The number of unbranched alkanes of at least 4 members (excludes halogenated alkanes) is 1. The third-order valence-corrected chi connectivity index (χ3v) is 5.66. The van der Waals surface area contributed by atoms with Gasteiger partial charge < -0.3 is 14.2 Å². The number of esters is 1. The molecule has 0 aromatic carbocycles. The predicted molar refractivity (Wildman–Crippen MR) is 84.6 cm³/mol. The van der Waals surface area contributed by atoms with E-state index in [2.05, 4.69) is 13.5 Å². The number of hydrogen-bond acceptors (Lipinski definition) is 4. The molecule has 0 radical (unpaired) electrons. The molecule has 0 saturated heterocycles. The summed E-state index contributed by atoms with van der Waals surface area (Å²) in [7, 11) is -0.469. The molecule has 118 valence electrons. The largest absolute Gasteiger partial charge is 0.462 e. The van der Waals surface area contributed by atoms with Gasteiger partial charge in [-0.1, -0.05) is 26.0 Å². The quantitative estimate of drug-likeness (QED) is 0.183. The number of rotatable bonds is 12. The summed E-state index contributed by atoms with van der Waals surface area (Å²) in [6.07, 6.45) is 2.85. The highest BCUT2D eigenvalue weighted by Crippen LogP contribution is 2.19. The number of ether oxygens (including phenoxy) is 3. The molecule has 0 amide bonds. The van der Waals surface area contributed by atoms with E-state index < -0.39 is 9.52 Å². The molecule has 20 heavy (non-hydrogen) atoms. The van der Waals surface area contributed by atoms with E-state index in [1.54, 1.807) is 6.92 Å². The molecular weight excluding hydrogens is 272 g/mol. The minimum atomic E-state index is -0.469. The molecule has 0 aliphatic heterocycles. The fourth-order valence-electron chi connectivity index (χ4n) is 2.05. The van der Waals surface area contributed by atoms with Crippen LogP contribution in [0.4, 0.5) is 0 Å². The first-order valence-electron chi connectivity index (χ1n) is 7.61. The van der Waals surface area contributed by atoms with Crippen LogP contribution in [0, 0.1) is 0 Å². The maximum Gasteiger partial charge on any atom is 0.333 e. The number of carbonyl (C=O) groups is 1. The van der Waals surface area contributed by atoms with E-state index in [-0.39, 0.29) is 11.4 Å². The van der Waals surface area contributed by atoms with Crippen LogP contribution in [-0.4, -0.2) is 40.7 Å². The predicted octanol–water partition coefficient (Wildman–Crippen LogP) is 2.61. The Morgan fingerprint density at radius 2 is 1.75 bits per heavy atom. The second-order valence-electron chi connectivity index (χ2n) is 4.86. The van der Waals surface area contributed by atoms with Gasteiger partial charge in [-0.25, -0.2) is 4.79 Å². The summed E-state index contributed by atoms with van der Waals surface area (Å²) < 4.78 is 16.7. The molecule has 0 saturated carbocycles. The van der Waals surface area contributed by atoms with Crippen molar-refractivity contribution in [1.82, 2.24) is 0 Å². The van der Waals surface area contributed by atoms with E-state index in [0.717, 1.165) is 25.3 Å². The van der Waals surface area contributed by atoms with Gasteiger partial charge in [-0.05, 0) is 33.6 Å². The summed E-state index contributed by atoms with van der Waals surface area (Å²) >= 11 is 0. The van der Waals surface area contributed by atoms with Crippen molar-refractivity contribution >= 4 is 15.5 Å².